The van der Waals surface area contributed by atoms with Gasteiger partial charge in [-0.15, -0.1) is 0 Å². The minimum Gasteiger partial charge on any atom is -0.272 e. The topological polar surface area (TPSA) is 12.4 Å². The maximum Gasteiger partial charge on any atom is 0.0425 e. The van der Waals surface area contributed by atoms with E-state index >= 15 is 0 Å². The number of hydrogen-bond donors (Lipinski definition) is 0. The Morgan fingerprint density at radius 2 is 1.35 bits per heavy atom. The smallest absolute Gasteiger partial charge is 0.0425 e. The zero-order valence-corrected chi connectivity index (χ0v) is 24.3. The van der Waals surface area contributed by atoms with Crippen LogP contribution in [0.15, 0.2) is 53.5 Å². The van der Waals surface area contributed by atoms with Crippen molar-refractivity contribution in [2.75, 3.05) is 18.5 Å². The van der Waals surface area contributed by atoms with Crippen molar-refractivity contribution < 1.29 is 21.7 Å². The van der Waals surface area contributed by atoms with Crippen LogP contribution in [0.25, 0.3) is 0 Å². The molecule has 0 unspecified atom stereocenters. The minimum atomic E-state index is -1.20. The van der Waals surface area contributed by atoms with Crippen LogP contribution in [-0.2, 0) is 21.7 Å². The number of nitrogens with zero attached hydrogens (tertiary/aromatic N) is 1. The molecule has 0 saturated carbocycles. The van der Waals surface area contributed by atoms with Crippen molar-refractivity contribution in [2.45, 2.75) is 93.4 Å². The third-order valence-corrected chi connectivity index (χ3v) is 9.62. The van der Waals surface area contributed by atoms with E-state index in [2.05, 4.69) is 66.3 Å². The standard InChI is InChI=1S/C23H44NP.C5H8.Ti/c1-20(2)12-9-17-25(18-10-13-21(3)4,19-11-14-22(5)6)24-23-15-7-8-16-23;1-3-5-4-2;/h7-8,15,20-22H,9-14,16-19H2,1-6H3;3-5H,1H2,2H3;. The predicted molar refractivity (Wildman–Crippen MR) is 143 cm³/mol. The molecule has 1 rings (SSSR count). The van der Waals surface area contributed by atoms with Gasteiger partial charge in [-0.05, 0) is 75.6 Å². The summed E-state index contributed by atoms with van der Waals surface area (Å²) in [4.78, 5) is 0. The molecule has 0 fully saturated rings. The normalized spacial score (nSPS) is 13.4. The Labute approximate surface area is 211 Å². The Balaban J connectivity index is 0. The fourth-order valence-electron chi connectivity index (χ4n) is 3.79. The molecule has 0 heterocycles. The Kier molecular flexibility index (Phi) is 21.9. The van der Waals surface area contributed by atoms with Crippen LogP contribution in [-0.4, -0.2) is 18.5 Å². The van der Waals surface area contributed by atoms with E-state index in [0.717, 1.165) is 24.2 Å². The number of allylic oxidation sites excluding steroid dienone is 6. The third-order valence-electron chi connectivity index (χ3n) is 5.49. The molecule has 1 aliphatic carbocycles. The monoisotopic (exact) mass is 481 g/mol. The van der Waals surface area contributed by atoms with Crippen LogP contribution in [0.2, 0.25) is 0 Å². The Bertz CT molecular complexity index is 539. The van der Waals surface area contributed by atoms with Crippen LogP contribution in [0.5, 0.6) is 0 Å². The van der Waals surface area contributed by atoms with Crippen LogP contribution >= 0.6 is 7.05 Å². The van der Waals surface area contributed by atoms with E-state index in [0.29, 0.717) is 0 Å². The minimum absolute atomic E-state index is 0. The quantitative estimate of drug-likeness (QED) is 0.133. The SMILES string of the molecule is C=CC=CC.CC(C)CCCP(CCCC(C)C)(CCCC(C)C)=NC1=CC=CC1.[Ti]. The first-order chi connectivity index (χ1) is 14.2. The Morgan fingerprint density at radius 1 is 0.903 bits per heavy atom. The van der Waals surface area contributed by atoms with Gasteiger partial charge in [0.05, 0.1) is 0 Å². The molecular formula is C28H52NPTi. The molecule has 178 valence electrons. The summed E-state index contributed by atoms with van der Waals surface area (Å²) in [6.07, 6.45) is 25.8. The average Bonchev–Trinajstić information content (AvgIpc) is 3.14. The second-order valence-electron chi connectivity index (χ2n) is 10.0. The van der Waals surface area contributed by atoms with E-state index in [1.807, 2.05) is 19.1 Å². The van der Waals surface area contributed by atoms with Crippen molar-refractivity contribution in [2.24, 2.45) is 22.5 Å². The molecule has 0 aromatic carbocycles. The summed E-state index contributed by atoms with van der Waals surface area (Å²) in [6, 6.07) is 0. The van der Waals surface area contributed by atoms with Crippen molar-refractivity contribution >= 4 is 7.05 Å². The number of hydrogen-bond acceptors (Lipinski definition) is 1. The van der Waals surface area contributed by atoms with E-state index in [9.17, 15) is 0 Å². The summed E-state index contributed by atoms with van der Waals surface area (Å²) < 4.78 is 5.51. The van der Waals surface area contributed by atoms with Crippen molar-refractivity contribution in [1.29, 1.82) is 0 Å². The molecule has 1 aliphatic rings. The Hall–Kier alpha value is -0.0957. The van der Waals surface area contributed by atoms with Gasteiger partial charge in [0, 0.05) is 33.8 Å². The second kappa shape index (κ2) is 20.5. The van der Waals surface area contributed by atoms with E-state index in [4.69, 9.17) is 4.74 Å². The van der Waals surface area contributed by atoms with Crippen molar-refractivity contribution in [3.8, 4) is 0 Å². The molecule has 0 spiro atoms. The predicted octanol–water partition coefficient (Wildman–Crippen LogP) is 10.1. The summed E-state index contributed by atoms with van der Waals surface area (Å²) in [5.41, 5.74) is 1.37. The molecule has 0 amide bonds. The van der Waals surface area contributed by atoms with Gasteiger partial charge in [0.25, 0.3) is 0 Å². The zero-order valence-electron chi connectivity index (χ0n) is 21.9. The van der Waals surface area contributed by atoms with Crippen LogP contribution < -0.4 is 0 Å². The first-order valence-corrected chi connectivity index (χ1v) is 14.7. The fraction of sp³-hybridized carbons (Fsp3) is 0.714. The van der Waals surface area contributed by atoms with Gasteiger partial charge in [0.1, 0.15) is 0 Å². The average molecular weight is 482 g/mol. The van der Waals surface area contributed by atoms with E-state index in [1.54, 1.807) is 6.08 Å². The van der Waals surface area contributed by atoms with Crippen molar-refractivity contribution in [3.05, 3.63) is 48.7 Å². The molecule has 31 heavy (non-hydrogen) atoms. The summed E-state index contributed by atoms with van der Waals surface area (Å²) >= 11 is 0. The van der Waals surface area contributed by atoms with Crippen molar-refractivity contribution in [1.82, 2.24) is 0 Å². The Morgan fingerprint density at radius 3 is 1.61 bits per heavy atom. The van der Waals surface area contributed by atoms with Gasteiger partial charge in [-0.1, -0.05) is 97.8 Å². The maximum atomic E-state index is 5.51. The zero-order chi connectivity index (χ0) is 22.8. The van der Waals surface area contributed by atoms with Gasteiger partial charge < -0.3 is 0 Å². The first-order valence-electron chi connectivity index (χ1n) is 12.4. The maximum absolute atomic E-state index is 5.51. The van der Waals surface area contributed by atoms with Gasteiger partial charge in [0.15, 0.2) is 0 Å². The van der Waals surface area contributed by atoms with E-state index < -0.39 is 7.05 Å². The van der Waals surface area contributed by atoms with Gasteiger partial charge in [-0.2, -0.15) is 0 Å². The summed E-state index contributed by atoms with van der Waals surface area (Å²) in [5, 5.41) is 0. The fourth-order valence-corrected chi connectivity index (χ4v) is 7.76. The van der Waals surface area contributed by atoms with E-state index in [-0.39, 0.29) is 21.7 Å². The summed E-state index contributed by atoms with van der Waals surface area (Å²) in [7, 11) is -1.20. The van der Waals surface area contributed by atoms with Crippen LogP contribution in [0.3, 0.4) is 0 Å². The number of rotatable bonds is 14. The molecule has 0 bridgehead atoms. The van der Waals surface area contributed by atoms with Crippen molar-refractivity contribution in [3.63, 3.8) is 0 Å². The molecule has 0 aromatic heterocycles. The second-order valence-corrected chi connectivity index (χ2v) is 13.8. The molecular weight excluding hydrogens is 429 g/mol. The molecule has 3 heteroatoms. The summed E-state index contributed by atoms with van der Waals surface area (Å²) in [5.74, 6) is 2.46. The van der Waals surface area contributed by atoms with E-state index in [1.165, 1.54) is 62.7 Å². The first kappa shape index (κ1) is 33.1. The van der Waals surface area contributed by atoms with Crippen LogP contribution in [0.1, 0.15) is 93.4 Å². The van der Waals surface area contributed by atoms with Crippen LogP contribution in [0.4, 0.5) is 0 Å². The molecule has 0 N–H and O–H groups in total. The van der Waals surface area contributed by atoms with Crippen LogP contribution in [0, 0.1) is 17.8 Å². The molecule has 0 radical (unpaired) electrons. The third kappa shape index (κ3) is 19.1. The van der Waals surface area contributed by atoms with Gasteiger partial charge in [-0.25, -0.2) is 0 Å². The van der Waals surface area contributed by atoms with Gasteiger partial charge in [-0.3, -0.25) is 4.74 Å². The van der Waals surface area contributed by atoms with Gasteiger partial charge in [0.2, 0.25) is 0 Å². The summed E-state index contributed by atoms with van der Waals surface area (Å²) in [6.45, 7) is 19.6. The molecule has 0 aliphatic heterocycles. The molecule has 0 saturated heterocycles. The van der Waals surface area contributed by atoms with Gasteiger partial charge >= 0.3 is 0 Å². The largest absolute Gasteiger partial charge is 0.272 e. The molecule has 0 aromatic rings. The molecule has 1 nitrogen and oxygen atoms in total. The molecule has 0 atom stereocenters.